The molecule has 0 aromatic heterocycles. The summed E-state index contributed by atoms with van der Waals surface area (Å²) in [5.74, 6) is 2.70. The molecule has 2 aromatic carbocycles. The third-order valence-corrected chi connectivity index (χ3v) is 3.93. The predicted molar refractivity (Wildman–Crippen MR) is 85.1 cm³/mol. The zero-order chi connectivity index (χ0) is 14.7. The third-order valence-electron chi connectivity index (χ3n) is 3.93. The van der Waals surface area contributed by atoms with E-state index in [0.717, 1.165) is 23.7 Å². The van der Waals surface area contributed by atoms with Gasteiger partial charge in [-0.1, -0.05) is 44.2 Å². The molecule has 2 aromatic rings. The fourth-order valence-electron chi connectivity index (χ4n) is 2.67. The summed E-state index contributed by atoms with van der Waals surface area (Å²) in [6, 6.07) is 16.7. The van der Waals surface area contributed by atoms with E-state index in [1.165, 1.54) is 5.56 Å². The lowest BCUT2D eigenvalue weighted by Crippen LogP contribution is -2.17. The molecular weight excluding hydrogens is 262 g/mol. The molecule has 0 saturated heterocycles. The SMILES string of the molecule is CC(C)C(CNc1ccc2c(c1)OCO2)c1ccccc1. The highest BCUT2D eigenvalue weighted by molar-refractivity contribution is 5.55. The second-order valence-corrected chi connectivity index (χ2v) is 5.71. The van der Waals surface area contributed by atoms with E-state index in [1.54, 1.807) is 0 Å². The van der Waals surface area contributed by atoms with Crippen molar-refractivity contribution in [3.63, 3.8) is 0 Å². The zero-order valence-corrected chi connectivity index (χ0v) is 12.5. The molecule has 110 valence electrons. The fraction of sp³-hybridized carbons (Fsp3) is 0.333. The van der Waals surface area contributed by atoms with Crippen LogP contribution in [0.5, 0.6) is 11.5 Å². The number of benzene rings is 2. The lowest BCUT2D eigenvalue weighted by atomic mass is 9.88. The first-order chi connectivity index (χ1) is 10.2. The van der Waals surface area contributed by atoms with E-state index in [9.17, 15) is 0 Å². The van der Waals surface area contributed by atoms with Gasteiger partial charge in [0.05, 0.1) is 0 Å². The summed E-state index contributed by atoms with van der Waals surface area (Å²) in [4.78, 5) is 0. The molecule has 1 N–H and O–H groups in total. The Hall–Kier alpha value is -2.16. The molecule has 0 saturated carbocycles. The Labute approximate surface area is 125 Å². The van der Waals surface area contributed by atoms with Gasteiger partial charge >= 0.3 is 0 Å². The largest absolute Gasteiger partial charge is 0.454 e. The highest BCUT2D eigenvalue weighted by Crippen LogP contribution is 2.34. The van der Waals surface area contributed by atoms with Crippen molar-refractivity contribution >= 4 is 5.69 Å². The van der Waals surface area contributed by atoms with Crippen molar-refractivity contribution < 1.29 is 9.47 Å². The quantitative estimate of drug-likeness (QED) is 0.889. The average molecular weight is 283 g/mol. The van der Waals surface area contributed by atoms with E-state index in [-0.39, 0.29) is 0 Å². The lowest BCUT2D eigenvalue weighted by molar-refractivity contribution is 0.174. The Kier molecular flexibility index (Phi) is 4.00. The van der Waals surface area contributed by atoms with Gasteiger partial charge in [0, 0.05) is 24.2 Å². The van der Waals surface area contributed by atoms with Crippen molar-refractivity contribution in [1.29, 1.82) is 0 Å². The van der Waals surface area contributed by atoms with Crippen LogP contribution < -0.4 is 14.8 Å². The monoisotopic (exact) mass is 283 g/mol. The number of rotatable bonds is 5. The minimum absolute atomic E-state index is 0.317. The van der Waals surface area contributed by atoms with Crippen LogP contribution in [0.25, 0.3) is 0 Å². The van der Waals surface area contributed by atoms with Crippen molar-refractivity contribution in [1.82, 2.24) is 0 Å². The number of hydrogen-bond donors (Lipinski definition) is 1. The van der Waals surface area contributed by atoms with E-state index in [4.69, 9.17) is 9.47 Å². The summed E-state index contributed by atoms with van der Waals surface area (Å²) in [6.45, 7) is 5.75. The molecule has 1 aliphatic heterocycles. The lowest BCUT2D eigenvalue weighted by Gasteiger charge is -2.22. The molecule has 0 radical (unpaired) electrons. The first-order valence-electron chi connectivity index (χ1n) is 7.42. The van der Waals surface area contributed by atoms with Gasteiger partial charge in [0.25, 0.3) is 0 Å². The van der Waals surface area contributed by atoms with Crippen molar-refractivity contribution in [2.45, 2.75) is 19.8 Å². The Morgan fingerprint density at radius 3 is 2.52 bits per heavy atom. The van der Waals surface area contributed by atoms with Crippen molar-refractivity contribution in [3.8, 4) is 11.5 Å². The van der Waals surface area contributed by atoms with Crippen LogP contribution >= 0.6 is 0 Å². The molecule has 3 nitrogen and oxygen atoms in total. The minimum atomic E-state index is 0.317. The Morgan fingerprint density at radius 2 is 1.76 bits per heavy atom. The molecule has 0 fully saturated rings. The van der Waals surface area contributed by atoms with Gasteiger partial charge in [0.2, 0.25) is 6.79 Å². The Balaban J connectivity index is 1.70. The van der Waals surface area contributed by atoms with Gasteiger partial charge in [-0.3, -0.25) is 0 Å². The Bertz CT molecular complexity index is 595. The molecule has 0 amide bonds. The zero-order valence-electron chi connectivity index (χ0n) is 12.5. The van der Waals surface area contributed by atoms with Crippen LogP contribution in [0.3, 0.4) is 0 Å². The first kappa shape index (κ1) is 13.8. The number of ether oxygens (including phenoxy) is 2. The number of anilines is 1. The van der Waals surface area contributed by atoms with Gasteiger partial charge < -0.3 is 14.8 Å². The number of fused-ring (bicyclic) bond motifs is 1. The first-order valence-corrected chi connectivity index (χ1v) is 7.42. The van der Waals surface area contributed by atoms with Crippen LogP contribution in [0.1, 0.15) is 25.3 Å². The van der Waals surface area contributed by atoms with Crippen molar-refractivity contribution in [3.05, 3.63) is 54.1 Å². The summed E-state index contributed by atoms with van der Waals surface area (Å²) < 4.78 is 10.8. The van der Waals surface area contributed by atoms with E-state index >= 15 is 0 Å². The molecule has 1 atom stereocenters. The molecule has 1 heterocycles. The Morgan fingerprint density at radius 1 is 1.00 bits per heavy atom. The van der Waals surface area contributed by atoms with E-state index < -0.39 is 0 Å². The molecule has 3 heteroatoms. The molecular formula is C18H21NO2. The third kappa shape index (κ3) is 3.13. The summed E-state index contributed by atoms with van der Waals surface area (Å²) in [7, 11) is 0. The molecule has 1 aliphatic rings. The summed E-state index contributed by atoms with van der Waals surface area (Å²) in [6.07, 6.45) is 0. The fourth-order valence-corrected chi connectivity index (χ4v) is 2.67. The smallest absolute Gasteiger partial charge is 0.231 e. The van der Waals surface area contributed by atoms with Gasteiger partial charge in [0.1, 0.15) is 0 Å². The maximum absolute atomic E-state index is 5.42. The predicted octanol–water partition coefficient (Wildman–Crippen LogP) is 4.27. The van der Waals surface area contributed by atoms with E-state index in [1.807, 2.05) is 18.2 Å². The van der Waals surface area contributed by atoms with Crippen LogP contribution in [-0.2, 0) is 0 Å². The maximum Gasteiger partial charge on any atom is 0.231 e. The van der Waals surface area contributed by atoms with Gasteiger partial charge in [-0.25, -0.2) is 0 Å². The second kappa shape index (κ2) is 6.08. The van der Waals surface area contributed by atoms with Gasteiger partial charge in [-0.05, 0) is 23.6 Å². The molecule has 1 unspecified atom stereocenters. The standard InChI is InChI=1S/C18H21NO2/c1-13(2)16(14-6-4-3-5-7-14)11-19-15-8-9-17-18(10-15)21-12-20-17/h3-10,13,16,19H,11-12H2,1-2H3. The highest BCUT2D eigenvalue weighted by Gasteiger charge is 2.17. The average Bonchev–Trinajstić information content (AvgIpc) is 2.96. The topological polar surface area (TPSA) is 30.5 Å². The molecule has 21 heavy (non-hydrogen) atoms. The van der Waals surface area contributed by atoms with Crippen molar-refractivity contribution in [2.24, 2.45) is 5.92 Å². The van der Waals surface area contributed by atoms with Gasteiger partial charge in [-0.15, -0.1) is 0 Å². The van der Waals surface area contributed by atoms with Crippen LogP contribution in [0, 0.1) is 5.92 Å². The molecule has 3 rings (SSSR count). The van der Waals surface area contributed by atoms with E-state index in [2.05, 4.69) is 49.5 Å². The van der Waals surface area contributed by atoms with Crippen LogP contribution in [0.15, 0.2) is 48.5 Å². The highest BCUT2D eigenvalue weighted by atomic mass is 16.7. The summed E-state index contributed by atoms with van der Waals surface area (Å²) in [5.41, 5.74) is 2.45. The van der Waals surface area contributed by atoms with Crippen molar-refractivity contribution in [2.75, 3.05) is 18.7 Å². The molecule has 0 spiro atoms. The van der Waals surface area contributed by atoms with Crippen LogP contribution in [0.2, 0.25) is 0 Å². The van der Waals surface area contributed by atoms with E-state index in [0.29, 0.717) is 18.6 Å². The maximum atomic E-state index is 5.42. The molecule has 0 bridgehead atoms. The van der Waals surface area contributed by atoms with Crippen LogP contribution in [0.4, 0.5) is 5.69 Å². The van der Waals surface area contributed by atoms with Gasteiger partial charge in [-0.2, -0.15) is 0 Å². The number of nitrogens with one attached hydrogen (secondary N) is 1. The van der Waals surface area contributed by atoms with Crippen LogP contribution in [-0.4, -0.2) is 13.3 Å². The molecule has 0 aliphatic carbocycles. The normalized spacial score (nSPS) is 14.2. The van der Waals surface area contributed by atoms with Gasteiger partial charge in [0.15, 0.2) is 11.5 Å². The summed E-state index contributed by atoms with van der Waals surface area (Å²) >= 11 is 0. The second-order valence-electron chi connectivity index (χ2n) is 5.71. The number of hydrogen-bond acceptors (Lipinski definition) is 3. The minimum Gasteiger partial charge on any atom is -0.454 e. The summed E-state index contributed by atoms with van der Waals surface area (Å²) in [5, 5.41) is 3.52.